The average Bonchev–Trinajstić information content (AvgIpc) is 3.18. The first-order chi connectivity index (χ1) is 15.5. The molecule has 1 aromatic heterocycles. The molecule has 6 nitrogen and oxygen atoms in total. The molecule has 0 bridgehead atoms. The number of amides is 2. The van der Waals surface area contributed by atoms with E-state index in [9.17, 15) is 9.59 Å². The molecule has 0 unspecified atom stereocenters. The topological polar surface area (TPSA) is 67.2 Å². The molecule has 174 valence electrons. The third-order valence-corrected chi connectivity index (χ3v) is 6.07. The minimum Gasteiger partial charge on any atom is -0.330 e. The fourth-order valence-corrected chi connectivity index (χ4v) is 3.65. The van der Waals surface area contributed by atoms with E-state index in [1.54, 1.807) is 54.1 Å². The molecule has 0 aliphatic heterocycles. The number of halogens is 3. The first-order valence-corrected chi connectivity index (χ1v) is 11.5. The second-order valence-electron chi connectivity index (χ2n) is 8.52. The van der Waals surface area contributed by atoms with Gasteiger partial charge in [0.1, 0.15) is 12.4 Å². The number of hydrogen-bond acceptors (Lipinski definition) is 3. The Morgan fingerprint density at radius 2 is 1.70 bits per heavy atom. The standard InChI is InChI=1S/C24H25Cl3N4O2/c1-5-30(23(33)16-8-6-7-9-17(16)25)14-22(32)28-21-13-20(24(2,3)4)29-31(21)15-10-11-18(26)19(27)12-15/h6-13H,5,14H2,1-4H3,(H,28,32). The van der Waals surface area contributed by atoms with Crippen molar-refractivity contribution in [1.82, 2.24) is 14.7 Å². The molecular formula is C24H25Cl3N4O2. The first kappa shape index (κ1) is 25.1. The molecule has 0 spiro atoms. The Hall–Kier alpha value is -2.54. The maximum Gasteiger partial charge on any atom is 0.255 e. The van der Waals surface area contributed by atoms with Crippen molar-refractivity contribution in [2.45, 2.75) is 33.1 Å². The van der Waals surface area contributed by atoms with Gasteiger partial charge in [0.2, 0.25) is 5.91 Å². The van der Waals surface area contributed by atoms with E-state index >= 15 is 0 Å². The van der Waals surface area contributed by atoms with Gasteiger partial charge < -0.3 is 10.2 Å². The van der Waals surface area contributed by atoms with Crippen LogP contribution in [-0.4, -0.2) is 39.6 Å². The Labute approximate surface area is 208 Å². The van der Waals surface area contributed by atoms with Crippen LogP contribution in [0.4, 0.5) is 5.82 Å². The molecule has 0 saturated carbocycles. The smallest absolute Gasteiger partial charge is 0.255 e. The molecular weight excluding hydrogens is 483 g/mol. The van der Waals surface area contributed by atoms with Crippen LogP contribution in [0.25, 0.3) is 5.69 Å². The molecule has 2 amide bonds. The van der Waals surface area contributed by atoms with Gasteiger partial charge >= 0.3 is 0 Å². The van der Waals surface area contributed by atoms with E-state index in [4.69, 9.17) is 34.8 Å². The van der Waals surface area contributed by atoms with Crippen LogP contribution in [0.1, 0.15) is 43.7 Å². The molecule has 0 fully saturated rings. The Kier molecular flexibility index (Phi) is 7.73. The molecule has 0 aliphatic rings. The summed E-state index contributed by atoms with van der Waals surface area (Å²) in [6.45, 7) is 8.10. The Morgan fingerprint density at radius 3 is 2.30 bits per heavy atom. The molecule has 0 aliphatic carbocycles. The summed E-state index contributed by atoms with van der Waals surface area (Å²) in [6, 6.07) is 13.7. The van der Waals surface area contributed by atoms with Crippen LogP contribution in [0, 0.1) is 0 Å². The van der Waals surface area contributed by atoms with Gasteiger partial charge in [0, 0.05) is 18.0 Å². The van der Waals surface area contributed by atoms with E-state index in [1.807, 2.05) is 26.8 Å². The summed E-state index contributed by atoms with van der Waals surface area (Å²) in [6.07, 6.45) is 0. The number of rotatable bonds is 6. The Bertz CT molecular complexity index is 1180. The number of anilines is 1. The van der Waals surface area contributed by atoms with E-state index in [0.29, 0.717) is 38.7 Å². The van der Waals surface area contributed by atoms with Gasteiger partial charge in [-0.05, 0) is 37.3 Å². The summed E-state index contributed by atoms with van der Waals surface area (Å²) in [4.78, 5) is 27.3. The summed E-state index contributed by atoms with van der Waals surface area (Å²) in [7, 11) is 0. The van der Waals surface area contributed by atoms with Crippen LogP contribution < -0.4 is 5.32 Å². The number of nitrogens with zero attached hydrogens (tertiary/aromatic N) is 3. The average molecular weight is 508 g/mol. The molecule has 0 radical (unpaired) electrons. The van der Waals surface area contributed by atoms with Crippen molar-refractivity contribution in [1.29, 1.82) is 0 Å². The summed E-state index contributed by atoms with van der Waals surface area (Å²) in [5.41, 5.74) is 1.53. The highest BCUT2D eigenvalue weighted by molar-refractivity contribution is 6.42. The van der Waals surface area contributed by atoms with Gasteiger partial charge in [0.15, 0.2) is 0 Å². The highest BCUT2D eigenvalue weighted by Crippen LogP contribution is 2.29. The highest BCUT2D eigenvalue weighted by atomic mass is 35.5. The van der Waals surface area contributed by atoms with Crippen molar-refractivity contribution in [3.05, 3.63) is 74.9 Å². The zero-order valence-corrected chi connectivity index (χ0v) is 21.1. The number of benzene rings is 2. The van der Waals surface area contributed by atoms with Crippen molar-refractivity contribution >= 4 is 52.4 Å². The van der Waals surface area contributed by atoms with Crippen molar-refractivity contribution in [3.63, 3.8) is 0 Å². The largest absolute Gasteiger partial charge is 0.330 e. The predicted octanol–water partition coefficient (Wildman–Crippen LogP) is 6.23. The zero-order valence-electron chi connectivity index (χ0n) is 18.8. The van der Waals surface area contributed by atoms with Crippen molar-refractivity contribution in [2.75, 3.05) is 18.4 Å². The summed E-state index contributed by atoms with van der Waals surface area (Å²) in [5, 5.41) is 8.69. The molecule has 1 N–H and O–H groups in total. The van der Waals surface area contributed by atoms with Gasteiger partial charge in [0.05, 0.1) is 32.0 Å². The van der Waals surface area contributed by atoms with Crippen molar-refractivity contribution < 1.29 is 9.59 Å². The van der Waals surface area contributed by atoms with Gasteiger partial charge in [-0.15, -0.1) is 0 Å². The number of hydrogen-bond donors (Lipinski definition) is 1. The number of carbonyl (C=O) groups is 2. The van der Waals surface area contributed by atoms with E-state index in [-0.39, 0.29) is 23.8 Å². The maximum atomic E-state index is 12.9. The molecule has 9 heteroatoms. The summed E-state index contributed by atoms with van der Waals surface area (Å²) in [5.74, 6) is -0.213. The lowest BCUT2D eigenvalue weighted by Crippen LogP contribution is -2.38. The maximum absolute atomic E-state index is 12.9. The van der Waals surface area contributed by atoms with E-state index in [2.05, 4.69) is 10.4 Å². The Morgan fingerprint density at radius 1 is 1.00 bits per heavy atom. The van der Waals surface area contributed by atoms with Crippen LogP contribution in [0.2, 0.25) is 15.1 Å². The molecule has 1 heterocycles. The van der Waals surface area contributed by atoms with Crippen LogP contribution in [-0.2, 0) is 10.2 Å². The predicted molar refractivity (Wildman–Crippen MR) is 134 cm³/mol. The molecule has 2 aromatic carbocycles. The van der Waals surface area contributed by atoms with Gasteiger partial charge in [-0.1, -0.05) is 67.7 Å². The second kappa shape index (κ2) is 10.2. The lowest BCUT2D eigenvalue weighted by Gasteiger charge is -2.21. The third kappa shape index (κ3) is 5.88. The van der Waals surface area contributed by atoms with Crippen LogP contribution in [0.3, 0.4) is 0 Å². The van der Waals surface area contributed by atoms with Gasteiger partial charge in [-0.2, -0.15) is 5.10 Å². The molecule has 0 saturated heterocycles. The fraction of sp³-hybridized carbons (Fsp3) is 0.292. The monoisotopic (exact) mass is 506 g/mol. The fourth-order valence-electron chi connectivity index (χ4n) is 3.14. The van der Waals surface area contributed by atoms with Gasteiger partial charge in [-0.3, -0.25) is 9.59 Å². The number of likely N-dealkylation sites (N-methyl/N-ethyl adjacent to an activating group) is 1. The SMILES string of the molecule is CCN(CC(=O)Nc1cc(C(C)(C)C)nn1-c1ccc(Cl)c(Cl)c1)C(=O)c1ccccc1Cl. The van der Waals surface area contributed by atoms with Crippen LogP contribution >= 0.6 is 34.8 Å². The highest BCUT2D eigenvalue weighted by Gasteiger charge is 2.24. The van der Waals surface area contributed by atoms with Gasteiger partial charge in [0.25, 0.3) is 5.91 Å². The lowest BCUT2D eigenvalue weighted by molar-refractivity contribution is -0.116. The quantitative estimate of drug-likeness (QED) is 0.430. The molecule has 33 heavy (non-hydrogen) atoms. The Balaban J connectivity index is 1.87. The first-order valence-electron chi connectivity index (χ1n) is 10.4. The molecule has 0 atom stereocenters. The van der Waals surface area contributed by atoms with Crippen molar-refractivity contribution in [3.8, 4) is 5.69 Å². The molecule has 3 aromatic rings. The number of nitrogens with one attached hydrogen (secondary N) is 1. The van der Waals surface area contributed by atoms with E-state index < -0.39 is 0 Å². The summed E-state index contributed by atoms with van der Waals surface area (Å²) >= 11 is 18.4. The van der Waals surface area contributed by atoms with E-state index in [1.165, 1.54) is 4.90 Å². The summed E-state index contributed by atoms with van der Waals surface area (Å²) < 4.78 is 1.60. The minimum absolute atomic E-state index is 0.141. The molecule has 3 rings (SSSR count). The van der Waals surface area contributed by atoms with Gasteiger partial charge in [-0.25, -0.2) is 4.68 Å². The van der Waals surface area contributed by atoms with Crippen LogP contribution in [0.5, 0.6) is 0 Å². The third-order valence-electron chi connectivity index (χ3n) is 5.00. The number of carbonyl (C=O) groups excluding carboxylic acids is 2. The van der Waals surface area contributed by atoms with E-state index in [0.717, 1.165) is 5.69 Å². The van der Waals surface area contributed by atoms with Crippen molar-refractivity contribution in [2.24, 2.45) is 0 Å². The lowest BCUT2D eigenvalue weighted by atomic mass is 9.92. The minimum atomic E-state index is -0.362. The zero-order chi connectivity index (χ0) is 24.3. The number of aromatic nitrogens is 2. The normalized spacial score (nSPS) is 11.4. The van der Waals surface area contributed by atoms with Crippen LogP contribution in [0.15, 0.2) is 48.5 Å². The second-order valence-corrected chi connectivity index (χ2v) is 9.74.